The molecule has 0 aliphatic heterocycles. The van der Waals surface area contributed by atoms with E-state index in [0.717, 1.165) is 5.88 Å². The fourth-order valence-corrected chi connectivity index (χ4v) is 2.06. The third-order valence-electron chi connectivity index (χ3n) is 1.91. The van der Waals surface area contributed by atoms with Gasteiger partial charge in [-0.15, -0.1) is 0 Å². The summed E-state index contributed by atoms with van der Waals surface area (Å²) < 4.78 is 2.22. The van der Waals surface area contributed by atoms with Gasteiger partial charge >= 0.3 is 0 Å². The lowest BCUT2D eigenvalue weighted by atomic mass is 10.3. The lowest BCUT2D eigenvalue weighted by Crippen LogP contribution is -2.30. The largest absolute Gasteiger partial charge is 0.195 e. The zero-order valence-electron chi connectivity index (χ0n) is 8.28. The summed E-state index contributed by atoms with van der Waals surface area (Å²) in [5.74, 6) is 2.38. The SMILES string of the molecule is CCCCCSC[n+]1ccccc1. The van der Waals surface area contributed by atoms with Crippen molar-refractivity contribution in [3.05, 3.63) is 30.6 Å². The molecule has 0 fully saturated rings. The Morgan fingerprint density at radius 3 is 2.54 bits per heavy atom. The molecule has 72 valence electrons. The van der Waals surface area contributed by atoms with E-state index >= 15 is 0 Å². The Hall–Kier alpha value is -0.500. The van der Waals surface area contributed by atoms with Crippen LogP contribution in [-0.4, -0.2) is 5.75 Å². The predicted octanol–water partition coefficient (Wildman–Crippen LogP) is 2.86. The van der Waals surface area contributed by atoms with Gasteiger partial charge in [0.15, 0.2) is 18.3 Å². The summed E-state index contributed by atoms with van der Waals surface area (Å²) >= 11 is 2.01. The van der Waals surface area contributed by atoms with Crippen molar-refractivity contribution in [2.75, 3.05) is 5.75 Å². The van der Waals surface area contributed by atoms with Crippen LogP contribution in [0.1, 0.15) is 26.2 Å². The number of hydrogen-bond acceptors (Lipinski definition) is 1. The zero-order valence-corrected chi connectivity index (χ0v) is 9.09. The van der Waals surface area contributed by atoms with Gasteiger partial charge in [-0.2, -0.15) is 4.57 Å². The molecule has 0 spiro atoms. The van der Waals surface area contributed by atoms with E-state index in [0.29, 0.717) is 0 Å². The predicted molar refractivity (Wildman–Crippen MR) is 58.6 cm³/mol. The van der Waals surface area contributed by atoms with Gasteiger partial charge in [0.25, 0.3) is 0 Å². The van der Waals surface area contributed by atoms with E-state index < -0.39 is 0 Å². The maximum atomic E-state index is 2.25. The highest BCUT2D eigenvalue weighted by atomic mass is 32.2. The summed E-state index contributed by atoms with van der Waals surface area (Å²) in [6.07, 6.45) is 8.28. The van der Waals surface area contributed by atoms with Gasteiger partial charge < -0.3 is 0 Å². The van der Waals surface area contributed by atoms with Crippen molar-refractivity contribution in [1.82, 2.24) is 0 Å². The van der Waals surface area contributed by atoms with E-state index in [-0.39, 0.29) is 0 Å². The van der Waals surface area contributed by atoms with Crippen molar-refractivity contribution in [3.63, 3.8) is 0 Å². The van der Waals surface area contributed by atoms with Gasteiger partial charge in [-0.25, -0.2) is 0 Å². The third-order valence-corrected chi connectivity index (χ3v) is 2.97. The average Bonchev–Trinajstić information content (AvgIpc) is 2.19. The normalized spacial score (nSPS) is 10.2. The fraction of sp³-hybridized carbons (Fsp3) is 0.545. The van der Waals surface area contributed by atoms with Crippen molar-refractivity contribution < 1.29 is 4.57 Å². The maximum Gasteiger partial charge on any atom is 0.194 e. The van der Waals surface area contributed by atoms with Gasteiger partial charge in [0.05, 0.1) is 0 Å². The standard InChI is InChI=1S/C11H18NS/c1-2-3-7-10-13-11-12-8-5-4-6-9-12/h4-6,8-9H,2-3,7,10-11H2,1H3/q+1. The van der Waals surface area contributed by atoms with Crippen molar-refractivity contribution in [1.29, 1.82) is 0 Å². The second-order valence-corrected chi connectivity index (χ2v) is 4.21. The Labute approximate surface area is 85.2 Å². The molecule has 0 unspecified atom stereocenters. The Morgan fingerprint density at radius 1 is 1.08 bits per heavy atom. The Balaban J connectivity index is 2.07. The average molecular weight is 196 g/mol. The van der Waals surface area contributed by atoms with Crippen LogP contribution in [0.3, 0.4) is 0 Å². The molecule has 1 heterocycles. The number of unbranched alkanes of at least 4 members (excludes halogenated alkanes) is 2. The number of aromatic nitrogens is 1. The highest BCUT2D eigenvalue weighted by molar-refractivity contribution is 7.98. The van der Waals surface area contributed by atoms with E-state index in [2.05, 4.69) is 42.1 Å². The summed E-state index contributed by atoms with van der Waals surface area (Å²) in [5.41, 5.74) is 0. The van der Waals surface area contributed by atoms with Crippen LogP contribution in [0.2, 0.25) is 0 Å². The van der Waals surface area contributed by atoms with E-state index in [4.69, 9.17) is 0 Å². The van der Waals surface area contributed by atoms with E-state index in [1.807, 2.05) is 11.8 Å². The third kappa shape index (κ3) is 4.94. The number of rotatable bonds is 6. The van der Waals surface area contributed by atoms with Crippen molar-refractivity contribution in [2.45, 2.75) is 32.1 Å². The molecular formula is C11H18NS+. The second-order valence-electron chi connectivity index (χ2n) is 3.13. The first-order valence-corrected chi connectivity index (χ1v) is 6.11. The van der Waals surface area contributed by atoms with Gasteiger partial charge in [-0.1, -0.05) is 37.6 Å². The van der Waals surface area contributed by atoms with Crippen LogP contribution in [0.25, 0.3) is 0 Å². The van der Waals surface area contributed by atoms with Crippen LogP contribution < -0.4 is 4.57 Å². The van der Waals surface area contributed by atoms with Crippen LogP contribution in [-0.2, 0) is 5.88 Å². The van der Waals surface area contributed by atoms with Crippen LogP contribution in [0.4, 0.5) is 0 Å². The van der Waals surface area contributed by atoms with Gasteiger partial charge in [0, 0.05) is 12.1 Å². The van der Waals surface area contributed by atoms with Crippen LogP contribution in [0, 0.1) is 0 Å². The minimum absolute atomic E-state index is 1.09. The molecule has 0 bridgehead atoms. The Morgan fingerprint density at radius 2 is 1.85 bits per heavy atom. The molecule has 0 saturated carbocycles. The fourth-order valence-electron chi connectivity index (χ4n) is 1.14. The molecule has 0 saturated heterocycles. The molecular weight excluding hydrogens is 178 g/mol. The second kappa shape index (κ2) is 6.96. The van der Waals surface area contributed by atoms with E-state index in [1.54, 1.807) is 0 Å². The van der Waals surface area contributed by atoms with Crippen LogP contribution >= 0.6 is 11.8 Å². The molecule has 1 aromatic rings. The van der Waals surface area contributed by atoms with Crippen LogP contribution in [0.5, 0.6) is 0 Å². The highest BCUT2D eigenvalue weighted by Gasteiger charge is 1.96. The smallest absolute Gasteiger partial charge is 0.194 e. The molecule has 0 aliphatic rings. The van der Waals surface area contributed by atoms with Crippen molar-refractivity contribution in [3.8, 4) is 0 Å². The minimum Gasteiger partial charge on any atom is -0.195 e. The topological polar surface area (TPSA) is 3.88 Å². The lowest BCUT2D eigenvalue weighted by Gasteiger charge is -1.96. The first-order valence-electron chi connectivity index (χ1n) is 4.95. The maximum absolute atomic E-state index is 2.25. The summed E-state index contributed by atoms with van der Waals surface area (Å²) in [6.45, 7) is 2.25. The number of hydrogen-bond donors (Lipinski definition) is 0. The van der Waals surface area contributed by atoms with Crippen LogP contribution in [0.15, 0.2) is 30.6 Å². The number of thioether (sulfide) groups is 1. The highest BCUT2D eigenvalue weighted by Crippen LogP contribution is 2.05. The monoisotopic (exact) mass is 196 g/mol. The summed E-state index contributed by atoms with van der Waals surface area (Å²) in [4.78, 5) is 0. The summed E-state index contributed by atoms with van der Waals surface area (Å²) in [7, 11) is 0. The Kier molecular flexibility index (Phi) is 5.66. The lowest BCUT2D eigenvalue weighted by molar-refractivity contribution is -0.675. The van der Waals surface area contributed by atoms with Crippen molar-refractivity contribution in [2.24, 2.45) is 0 Å². The molecule has 1 nitrogen and oxygen atoms in total. The Bertz CT molecular complexity index is 211. The minimum atomic E-state index is 1.09. The first-order chi connectivity index (χ1) is 6.43. The van der Waals surface area contributed by atoms with Crippen molar-refractivity contribution >= 4 is 11.8 Å². The molecule has 2 heteroatoms. The van der Waals surface area contributed by atoms with Gasteiger partial charge in [0.2, 0.25) is 0 Å². The molecule has 13 heavy (non-hydrogen) atoms. The quantitative estimate of drug-likeness (QED) is 0.500. The molecule has 0 radical (unpaired) electrons. The van der Waals surface area contributed by atoms with E-state index in [1.165, 1.54) is 25.0 Å². The molecule has 0 atom stereocenters. The number of pyridine rings is 1. The van der Waals surface area contributed by atoms with Gasteiger partial charge in [-0.3, -0.25) is 0 Å². The zero-order chi connectivity index (χ0) is 9.36. The molecule has 0 aliphatic carbocycles. The summed E-state index contributed by atoms with van der Waals surface area (Å²) in [5, 5.41) is 0. The molecule has 0 aromatic carbocycles. The number of nitrogens with zero attached hydrogens (tertiary/aromatic N) is 1. The molecule has 1 rings (SSSR count). The van der Waals surface area contributed by atoms with Gasteiger partial charge in [0.1, 0.15) is 0 Å². The van der Waals surface area contributed by atoms with E-state index in [9.17, 15) is 0 Å². The molecule has 0 amide bonds. The summed E-state index contributed by atoms with van der Waals surface area (Å²) in [6, 6.07) is 6.21. The molecule has 1 aromatic heterocycles. The molecule has 0 N–H and O–H groups in total. The first kappa shape index (κ1) is 10.6. The van der Waals surface area contributed by atoms with Gasteiger partial charge in [-0.05, 0) is 12.2 Å².